The molecule has 1 fully saturated rings. The van der Waals surface area contributed by atoms with Crippen molar-refractivity contribution in [2.45, 2.75) is 37.1 Å². The minimum absolute atomic E-state index is 0.0852. The molecule has 166 valence electrons. The molecule has 11 nitrogen and oxygen atoms in total. The van der Waals surface area contributed by atoms with E-state index in [0.29, 0.717) is 28.3 Å². The van der Waals surface area contributed by atoms with E-state index < -0.39 is 30.6 Å². The highest BCUT2D eigenvalue weighted by molar-refractivity contribution is 7.16. The third-order valence-corrected chi connectivity index (χ3v) is 6.67. The number of amides is 1. The Hall–Kier alpha value is -3.24. The molecule has 0 spiro atoms. The summed E-state index contributed by atoms with van der Waals surface area (Å²) in [5.41, 5.74) is -0.393. The van der Waals surface area contributed by atoms with Gasteiger partial charge in [0.05, 0.1) is 21.9 Å². The summed E-state index contributed by atoms with van der Waals surface area (Å²) in [5, 5.41) is 49.9. The number of azo groups is 1. The first-order valence-electron chi connectivity index (χ1n) is 9.90. The first-order valence-corrected chi connectivity index (χ1v) is 10.7. The highest BCUT2D eigenvalue weighted by Crippen LogP contribution is 2.50. The normalized spacial score (nSPS) is 23.1. The maximum atomic E-state index is 11.0. The van der Waals surface area contributed by atoms with E-state index in [4.69, 9.17) is 9.84 Å². The van der Waals surface area contributed by atoms with Crippen LogP contribution in [-0.2, 0) is 10.4 Å². The van der Waals surface area contributed by atoms with Gasteiger partial charge in [-0.3, -0.25) is 5.32 Å². The van der Waals surface area contributed by atoms with Gasteiger partial charge in [-0.25, -0.2) is 14.8 Å². The fraction of sp³-hybridized carbons (Fsp3) is 0.400. The molecular weight excluding hydrogens is 436 g/mol. The van der Waals surface area contributed by atoms with Crippen molar-refractivity contribution in [3.63, 3.8) is 0 Å². The van der Waals surface area contributed by atoms with E-state index in [1.165, 1.54) is 29.9 Å². The number of hydrogen-bond donors (Lipinski definition) is 4. The van der Waals surface area contributed by atoms with Crippen molar-refractivity contribution in [3.8, 4) is 16.5 Å². The molecule has 2 aliphatic heterocycles. The summed E-state index contributed by atoms with van der Waals surface area (Å²) in [6, 6.07) is 5.24. The maximum absolute atomic E-state index is 11.0. The molecule has 4 N–H and O–H groups in total. The number of rotatable bonds is 6. The number of aliphatic hydroxyl groups is 2. The number of nitriles is 1. The van der Waals surface area contributed by atoms with Gasteiger partial charge < -0.3 is 20.1 Å². The van der Waals surface area contributed by atoms with Gasteiger partial charge >= 0.3 is 6.09 Å². The zero-order valence-corrected chi connectivity index (χ0v) is 17.6. The van der Waals surface area contributed by atoms with Gasteiger partial charge in [0.25, 0.3) is 0 Å². The molecule has 3 unspecified atom stereocenters. The molecule has 4 rings (SSSR count). The molecule has 0 aromatic carbocycles. The second-order valence-corrected chi connectivity index (χ2v) is 8.28. The standard InChI is InChI=1S/C20H20N6O5S/c21-8-12-16(13(28)9-27)18(20(23-10-24-26-20)14-3-1-2-6-31-14)32-17(12)11-4-5-22-15(7-11)25-19(29)30/h4-5,7,10,13-14,27-28H,1-3,6,9H2,(H,22,25)(H,29,30). The summed E-state index contributed by atoms with van der Waals surface area (Å²) < 4.78 is 5.97. The number of thiophene rings is 1. The van der Waals surface area contributed by atoms with E-state index in [1.54, 1.807) is 6.07 Å². The molecule has 2 aliphatic rings. The third-order valence-electron chi connectivity index (χ3n) is 5.30. The Morgan fingerprint density at radius 2 is 2.31 bits per heavy atom. The van der Waals surface area contributed by atoms with E-state index in [9.17, 15) is 20.3 Å². The molecule has 0 aliphatic carbocycles. The van der Waals surface area contributed by atoms with Gasteiger partial charge in [0.1, 0.15) is 30.4 Å². The molecule has 2 aromatic heterocycles. The first kappa shape index (κ1) is 22.0. The molecule has 0 radical (unpaired) electrons. The maximum Gasteiger partial charge on any atom is 0.410 e. The Morgan fingerprint density at radius 1 is 1.47 bits per heavy atom. The number of aliphatic hydroxyl groups excluding tert-OH is 2. The predicted molar refractivity (Wildman–Crippen MR) is 115 cm³/mol. The van der Waals surface area contributed by atoms with Crippen molar-refractivity contribution in [2.75, 3.05) is 18.5 Å². The van der Waals surface area contributed by atoms with Crippen molar-refractivity contribution in [2.24, 2.45) is 15.2 Å². The van der Waals surface area contributed by atoms with E-state index >= 15 is 0 Å². The van der Waals surface area contributed by atoms with Crippen LogP contribution in [0.3, 0.4) is 0 Å². The molecule has 0 saturated carbocycles. The van der Waals surface area contributed by atoms with Crippen molar-refractivity contribution in [1.82, 2.24) is 4.98 Å². The fourth-order valence-electron chi connectivity index (χ4n) is 3.90. The Balaban J connectivity index is 1.91. The zero-order chi connectivity index (χ0) is 22.7. The number of nitrogens with zero attached hydrogens (tertiary/aromatic N) is 5. The van der Waals surface area contributed by atoms with Crippen molar-refractivity contribution in [3.05, 3.63) is 34.3 Å². The van der Waals surface area contributed by atoms with Crippen LogP contribution in [0, 0.1) is 11.3 Å². The van der Waals surface area contributed by atoms with Crippen LogP contribution in [0.25, 0.3) is 10.4 Å². The van der Waals surface area contributed by atoms with Gasteiger partial charge in [-0.1, -0.05) is 0 Å². The molecule has 1 saturated heterocycles. The number of nitrogens with one attached hydrogen (secondary N) is 1. The Kier molecular flexibility index (Phi) is 6.24. The van der Waals surface area contributed by atoms with Gasteiger partial charge in [0.2, 0.25) is 5.66 Å². The Morgan fingerprint density at radius 3 is 2.94 bits per heavy atom. The Bertz CT molecular complexity index is 1110. The molecule has 12 heteroatoms. The number of carboxylic acid groups (broad SMARTS) is 1. The second kappa shape index (κ2) is 9.09. The summed E-state index contributed by atoms with van der Waals surface area (Å²) in [6.45, 7) is -0.0737. The minimum Gasteiger partial charge on any atom is -0.465 e. The number of pyridine rings is 1. The molecular formula is C20H20N6O5S. The lowest BCUT2D eigenvalue weighted by Gasteiger charge is -2.34. The molecule has 4 heterocycles. The van der Waals surface area contributed by atoms with Crippen LogP contribution in [-0.4, -0.2) is 52.1 Å². The van der Waals surface area contributed by atoms with E-state index in [1.807, 2.05) is 0 Å². The van der Waals surface area contributed by atoms with Crippen LogP contribution >= 0.6 is 11.3 Å². The molecule has 1 amide bonds. The monoisotopic (exact) mass is 456 g/mol. The summed E-state index contributed by atoms with van der Waals surface area (Å²) in [5.74, 6) is 0.0852. The van der Waals surface area contributed by atoms with Crippen molar-refractivity contribution < 1.29 is 24.9 Å². The lowest BCUT2D eigenvalue weighted by atomic mass is 9.90. The van der Waals surface area contributed by atoms with Crippen LogP contribution < -0.4 is 5.32 Å². The van der Waals surface area contributed by atoms with Crippen LogP contribution in [0.1, 0.15) is 41.4 Å². The largest absolute Gasteiger partial charge is 0.465 e. The van der Waals surface area contributed by atoms with Crippen LogP contribution in [0.2, 0.25) is 0 Å². The van der Waals surface area contributed by atoms with Gasteiger partial charge in [-0.2, -0.15) is 5.26 Å². The van der Waals surface area contributed by atoms with E-state index in [-0.39, 0.29) is 16.9 Å². The summed E-state index contributed by atoms with van der Waals surface area (Å²) in [7, 11) is 0. The summed E-state index contributed by atoms with van der Waals surface area (Å²) >= 11 is 1.18. The molecule has 2 aromatic rings. The van der Waals surface area contributed by atoms with Crippen LogP contribution in [0.15, 0.2) is 33.6 Å². The number of aliphatic imine (C=N–C) groups is 1. The number of anilines is 1. The van der Waals surface area contributed by atoms with Crippen LogP contribution in [0.5, 0.6) is 0 Å². The number of carbonyl (C=O) groups is 1. The topological polar surface area (TPSA) is 173 Å². The minimum atomic E-state index is -1.35. The molecule has 3 atom stereocenters. The van der Waals surface area contributed by atoms with Gasteiger partial charge in [0.15, 0.2) is 0 Å². The molecule has 32 heavy (non-hydrogen) atoms. The first-order chi connectivity index (χ1) is 15.5. The Labute approximate surface area is 186 Å². The van der Waals surface area contributed by atoms with Gasteiger partial charge in [0, 0.05) is 18.4 Å². The summed E-state index contributed by atoms with van der Waals surface area (Å²) in [6.07, 6.45) is 2.16. The van der Waals surface area contributed by atoms with Crippen molar-refractivity contribution in [1.29, 1.82) is 5.26 Å². The highest BCUT2D eigenvalue weighted by Gasteiger charge is 2.48. The molecule has 0 bridgehead atoms. The highest BCUT2D eigenvalue weighted by atomic mass is 32.1. The fourth-order valence-corrected chi connectivity index (χ4v) is 5.33. The number of hydrogen-bond acceptors (Lipinski definition) is 10. The lowest BCUT2D eigenvalue weighted by molar-refractivity contribution is -0.0315. The van der Waals surface area contributed by atoms with Gasteiger partial charge in [-0.05, 0) is 37.0 Å². The number of ether oxygens (including phenoxy) is 1. The quantitative estimate of drug-likeness (QED) is 0.517. The van der Waals surface area contributed by atoms with E-state index in [0.717, 1.165) is 12.8 Å². The zero-order valence-electron chi connectivity index (χ0n) is 16.8. The van der Waals surface area contributed by atoms with Gasteiger partial charge in [-0.15, -0.1) is 21.6 Å². The predicted octanol–water partition coefficient (Wildman–Crippen LogP) is 3.01. The third kappa shape index (κ3) is 3.87. The van der Waals surface area contributed by atoms with Crippen LogP contribution in [0.4, 0.5) is 10.6 Å². The van der Waals surface area contributed by atoms with E-state index in [2.05, 4.69) is 31.6 Å². The number of aromatic nitrogens is 1. The SMILES string of the molecule is N#Cc1c(-c2ccnc(NC(=O)O)c2)sc(C2(C3CCCCO3)N=CN=N2)c1C(O)CO. The second-order valence-electron chi connectivity index (χ2n) is 7.26. The smallest absolute Gasteiger partial charge is 0.410 e. The van der Waals surface area contributed by atoms with Crippen molar-refractivity contribution >= 4 is 29.6 Å². The lowest BCUT2D eigenvalue weighted by Crippen LogP contribution is -2.39. The average Bonchev–Trinajstić information content (AvgIpc) is 3.44. The average molecular weight is 456 g/mol. The summed E-state index contributed by atoms with van der Waals surface area (Å²) in [4.78, 5) is 20.4.